The van der Waals surface area contributed by atoms with Crippen molar-refractivity contribution in [2.45, 2.75) is 20.4 Å². The quantitative estimate of drug-likeness (QED) is 0.455. The van der Waals surface area contributed by atoms with Crippen molar-refractivity contribution in [1.82, 2.24) is 4.57 Å². The summed E-state index contributed by atoms with van der Waals surface area (Å²) in [6.07, 6.45) is 1.60. The highest BCUT2D eigenvalue weighted by atomic mass is 16.5. The first kappa shape index (κ1) is 20.0. The lowest BCUT2D eigenvalue weighted by molar-refractivity contribution is -0.121. The van der Waals surface area contributed by atoms with E-state index in [1.807, 2.05) is 42.7 Å². The predicted molar refractivity (Wildman–Crippen MR) is 106 cm³/mol. The third-order valence-corrected chi connectivity index (χ3v) is 4.61. The van der Waals surface area contributed by atoms with Crippen LogP contribution in [-0.4, -0.2) is 29.6 Å². The zero-order chi connectivity index (χ0) is 20.8. The van der Waals surface area contributed by atoms with Crippen molar-refractivity contribution >= 4 is 17.6 Å². The molecule has 3 rings (SSSR count). The number of hydrogen-bond acceptors (Lipinski definition) is 5. The number of para-hydroxylation sites is 1. The van der Waals surface area contributed by atoms with E-state index in [2.05, 4.69) is 0 Å². The van der Waals surface area contributed by atoms with Gasteiger partial charge >= 0.3 is 5.97 Å². The summed E-state index contributed by atoms with van der Waals surface area (Å²) in [5.41, 5.74) is 2.58. The zero-order valence-electron chi connectivity index (χ0n) is 16.3. The van der Waals surface area contributed by atoms with Crippen LogP contribution in [0.5, 0.6) is 0 Å². The van der Waals surface area contributed by atoms with Gasteiger partial charge in [0.15, 0.2) is 6.61 Å². The molecular formula is C22H21N3O4. The summed E-state index contributed by atoms with van der Waals surface area (Å²) in [4.78, 5) is 26.4. The first-order chi connectivity index (χ1) is 14.0. The van der Waals surface area contributed by atoms with Crippen LogP contribution in [0.3, 0.4) is 0 Å². The summed E-state index contributed by atoms with van der Waals surface area (Å²) in [6, 6.07) is 16.2. The van der Waals surface area contributed by atoms with Crippen LogP contribution in [0, 0.1) is 25.2 Å². The number of carbonyl (C=O) groups excluding carboxylic acids is 2. The Kier molecular flexibility index (Phi) is 6.15. The molecule has 0 radical (unpaired) electrons. The van der Waals surface area contributed by atoms with E-state index in [0.29, 0.717) is 17.8 Å². The van der Waals surface area contributed by atoms with Crippen LogP contribution in [-0.2, 0) is 16.1 Å². The maximum absolute atomic E-state index is 12.6. The molecule has 0 N–H and O–H groups in total. The van der Waals surface area contributed by atoms with Crippen molar-refractivity contribution in [3.05, 3.63) is 77.5 Å². The molecule has 0 saturated carbocycles. The molecule has 1 aromatic carbocycles. The molecule has 2 heterocycles. The molecule has 148 valence electrons. The number of rotatable bonds is 7. The third-order valence-electron chi connectivity index (χ3n) is 4.61. The van der Waals surface area contributed by atoms with E-state index < -0.39 is 18.5 Å². The van der Waals surface area contributed by atoms with Crippen molar-refractivity contribution in [3.8, 4) is 6.07 Å². The van der Waals surface area contributed by atoms with Crippen LogP contribution in [0.1, 0.15) is 27.5 Å². The molecule has 7 heteroatoms. The Balaban J connectivity index is 1.69. The van der Waals surface area contributed by atoms with E-state index in [1.54, 1.807) is 36.6 Å². The molecule has 0 aliphatic rings. The van der Waals surface area contributed by atoms with Crippen LogP contribution in [0.25, 0.3) is 0 Å². The topological polar surface area (TPSA) is 88.5 Å². The minimum Gasteiger partial charge on any atom is -0.467 e. The number of amides is 1. The number of ether oxygens (including phenoxy) is 1. The number of aryl methyl sites for hydroxylation is 1. The number of hydrogen-bond donors (Lipinski definition) is 0. The Morgan fingerprint density at radius 1 is 1.17 bits per heavy atom. The van der Waals surface area contributed by atoms with Gasteiger partial charge < -0.3 is 13.7 Å². The number of benzene rings is 1. The lowest BCUT2D eigenvalue weighted by Crippen LogP contribution is -2.35. The van der Waals surface area contributed by atoms with Gasteiger partial charge in [0.25, 0.3) is 5.91 Å². The number of furan rings is 1. The Hall–Kier alpha value is -3.79. The lowest BCUT2D eigenvalue weighted by atomic mass is 10.2. The maximum Gasteiger partial charge on any atom is 0.340 e. The molecular weight excluding hydrogens is 370 g/mol. The van der Waals surface area contributed by atoms with Crippen molar-refractivity contribution in [2.24, 2.45) is 0 Å². The molecule has 1 amide bonds. The molecule has 2 aromatic heterocycles. The van der Waals surface area contributed by atoms with Crippen LogP contribution in [0.15, 0.2) is 59.2 Å². The van der Waals surface area contributed by atoms with Gasteiger partial charge in [0, 0.05) is 17.1 Å². The van der Waals surface area contributed by atoms with Crippen LogP contribution >= 0.6 is 0 Å². The largest absolute Gasteiger partial charge is 0.467 e. The highest BCUT2D eigenvalue weighted by Gasteiger charge is 2.21. The summed E-state index contributed by atoms with van der Waals surface area (Å²) in [7, 11) is 0. The van der Waals surface area contributed by atoms with Crippen molar-refractivity contribution in [2.75, 3.05) is 18.1 Å². The second-order valence-corrected chi connectivity index (χ2v) is 6.50. The van der Waals surface area contributed by atoms with Crippen molar-refractivity contribution in [3.63, 3.8) is 0 Å². The minimum absolute atomic E-state index is 0.127. The molecule has 0 bridgehead atoms. The fraction of sp³-hybridized carbons (Fsp3) is 0.227. The van der Waals surface area contributed by atoms with Gasteiger partial charge in [-0.2, -0.15) is 5.26 Å². The normalized spacial score (nSPS) is 10.4. The average Bonchev–Trinajstić information content (AvgIpc) is 3.34. The first-order valence-electron chi connectivity index (χ1n) is 9.10. The molecule has 0 unspecified atom stereocenters. The number of carbonyl (C=O) groups is 2. The minimum atomic E-state index is -0.581. The van der Waals surface area contributed by atoms with Gasteiger partial charge in [-0.05, 0) is 44.2 Å². The van der Waals surface area contributed by atoms with Gasteiger partial charge in [-0.3, -0.25) is 9.69 Å². The van der Waals surface area contributed by atoms with Gasteiger partial charge in [-0.1, -0.05) is 18.2 Å². The fourth-order valence-corrected chi connectivity index (χ4v) is 3.09. The van der Waals surface area contributed by atoms with Gasteiger partial charge in [0.1, 0.15) is 12.3 Å². The standard InChI is InChI=1S/C22H21N3O4/c1-16-13-20(17(2)25(16)14-19-9-6-12-28-19)22(27)29-15-21(26)24(11-10-23)18-7-4-3-5-8-18/h3-9,12-13H,11,14-15H2,1-2H3. The highest BCUT2D eigenvalue weighted by molar-refractivity contribution is 5.97. The van der Waals surface area contributed by atoms with Gasteiger partial charge in [-0.25, -0.2) is 4.79 Å². The van der Waals surface area contributed by atoms with E-state index in [1.165, 1.54) is 4.90 Å². The predicted octanol–water partition coefficient (Wildman–Crippen LogP) is 3.46. The van der Waals surface area contributed by atoms with Crippen molar-refractivity contribution < 1.29 is 18.7 Å². The third kappa shape index (κ3) is 4.55. The Morgan fingerprint density at radius 2 is 1.93 bits per heavy atom. The van der Waals surface area contributed by atoms with Crippen LogP contribution in [0.4, 0.5) is 5.69 Å². The van der Waals surface area contributed by atoms with E-state index in [4.69, 9.17) is 14.4 Å². The molecule has 29 heavy (non-hydrogen) atoms. The second kappa shape index (κ2) is 8.93. The molecule has 0 fully saturated rings. The summed E-state index contributed by atoms with van der Waals surface area (Å²) in [5.74, 6) is -0.269. The number of nitriles is 1. The van der Waals surface area contributed by atoms with Crippen LogP contribution in [0.2, 0.25) is 0 Å². The SMILES string of the molecule is Cc1cc(C(=O)OCC(=O)N(CC#N)c2ccccc2)c(C)n1Cc1ccco1. The van der Waals surface area contributed by atoms with E-state index in [9.17, 15) is 9.59 Å². The molecule has 3 aromatic rings. The number of esters is 1. The molecule has 7 nitrogen and oxygen atoms in total. The van der Waals surface area contributed by atoms with E-state index in [0.717, 1.165) is 17.1 Å². The highest BCUT2D eigenvalue weighted by Crippen LogP contribution is 2.19. The van der Waals surface area contributed by atoms with Gasteiger partial charge in [-0.15, -0.1) is 0 Å². The molecule has 0 aliphatic heterocycles. The first-order valence-corrected chi connectivity index (χ1v) is 9.10. The lowest BCUT2D eigenvalue weighted by Gasteiger charge is -2.19. The summed E-state index contributed by atoms with van der Waals surface area (Å²) >= 11 is 0. The summed E-state index contributed by atoms with van der Waals surface area (Å²) < 4.78 is 12.6. The molecule has 0 saturated heterocycles. The van der Waals surface area contributed by atoms with Gasteiger partial charge in [0.2, 0.25) is 0 Å². The zero-order valence-corrected chi connectivity index (χ0v) is 16.3. The van der Waals surface area contributed by atoms with E-state index in [-0.39, 0.29) is 6.54 Å². The Bertz CT molecular complexity index is 1030. The Labute approximate surface area is 168 Å². The molecule has 0 atom stereocenters. The fourth-order valence-electron chi connectivity index (χ4n) is 3.09. The molecule has 0 aliphatic carbocycles. The average molecular weight is 391 g/mol. The number of nitrogens with zero attached hydrogens (tertiary/aromatic N) is 3. The smallest absolute Gasteiger partial charge is 0.340 e. The maximum atomic E-state index is 12.6. The van der Waals surface area contributed by atoms with E-state index >= 15 is 0 Å². The summed E-state index contributed by atoms with van der Waals surface area (Å²) in [6.45, 7) is 3.64. The second-order valence-electron chi connectivity index (χ2n) is 6.50. The molecule has 0 spiro atoms. The van der Waals surface area contributed by atoms with Crippen molar-refractivity contribution in [1.29, 1.82) is 5.26 Å². The Morgan fingerprint density at radius 3 is 2.59 bits per heavy atom. The monoisotopic (exact) mass is 391 g/mol. The van der Waals surface area contributed by atoms with Crippen LogP contribution < -0.4 is 4.90 Å². The van der Waals surface area contributed by atoms with Gasteiger partial charge in [0.05, 0.1) is 24.4 Å². The number of anilines is 1. The summed E-state index contributed by atoms with van der Waals surface area (Å²) in [5, 5.41) is 9.02. The number of aromatic nitrogens is 1.